The van der Waals surface area contributed by atoms with E-state index in [1.807, 2.05) is 0 Å². The van der Waals surface area contributed by atoms with Gasteiger partial charge in [-0.15, -0.1) is 0 Å². The SMILES string of the molecule is N=C(N)NCCCC(N)C(=O)O.N[C@@H](Cc1ccc(O)c(O)c1)C(=O)O.O=S([O-])O.[Na+]. The first-order chi connectivity index (χ1) is 13.8. The van der Waals surface area contributed by atoms with E-state index >= 15 is 0 Å². The van der Waals surface area contributed by atoms with Crippen molar-refractivity contribution in [3.05, 3.63) is 23.8 Å². The van der Waals surface area contributed by atoms with E-state index in [0.29, 0.717) is 24.9 Å². The van der Waals surface area contributed by atoms with Crippen LogP contribution < -0.4 is 52.1 Å². The van der Waals surface area contributed by atoms with E-state index in [4.69, 9.17) is 56.4 Å². The van der Waals surface area contributed by atoms with Crippen molar-refractivity contribution >= 4 is 29.3 Å². The number of carboxylic acid groups (broad SMARTS) is 2. The molecule has 1 rings (SSSR count). The Hall–Kier alpha value is -1.98. The van der Waals surface area contributed by atoms with Crippen molar-refractivity contribution in [1.29, 1.82) is 5.41 Å². The Morgan fingerprint density at radius 1 is 1.13 bits per heavy atom. The van der Waals surface area contributed by atoms with Crippen LogP contribution in [0, 0.1) is 5.41 Å². The minimum Gasteiger partial charge on any atom is -0.750 e. The first kappa shape index (κ1) is 33.7. The van der Waals surface area contributed by atoms with Crippen LogP contribution in [-0.4, -0.2) is 70.3 Å². The zero-order chi connectivity index (χ0) is 23.9. The van der Waals surface area contributed by atoms with Crippen molar-refractivity contribution in [3.8, 4) is 11.5 Å². The Labute approximate surface area is 202 Å². The maximum Gasteiger partial charge on any atom is 1.00 e. The first-order valence-electron chi connectivity index (χ1n) is 8.11. The van der Waals surface area contributed by atoms with Gasteiger partial charge in [-0.3, -0.25) is 15.0 Å². The summed E-state index contributed by atoms with van der Waals surface area (Å²) in [6.07, 6.45) is 1.09. The van der Waals surface area contributed by atoms with Gasteiger partial charge >= 0.3 is 41.5 Å². The van der Waals surface area contributed by atoms with Crippen LogP contribution in [-0.2, 0) is 27.4 Å². The molecule has 0 spiro atoms. The van der Waals surface area contributed by atoms with E-state index in [2.05, 4.69) is 5.32 Å². The maximum absolute atomic E-state index is 10.4. The van der Waals surface area contributed by atoms with E-state index < -0.39 is 35.4 Å². The second kappa shape index (κ2) is 18.8. The molecule has 31 heavy (non-hydrogen) atoms. The summed E-state index contributed by atoms with van der Waals surface area (Å²) in [7, 11) is 0. The molecule has 0 aliphatic rings. The van der Waals surface area contributed by atoms with Crippen LogP contribution in [0.4, 0.5) is 0 Å². The summed E-state index contributed by atoms with van der Waals surface area (Å²) in [5, 5.41) is 44.3. The summed E-state index contributed by atoms with van der Waals surface area (Å²) < 4.78 is 24.1. The predicted molar refractivity (Wildman–Crippen MR) is 105 cm³/mol. The number of hydrogen-bond acceptors (Lipinski definition) is 9. The van der Waals surface area contributed by atoms with Crippen molar-refractivity contribution in [2.75, 3.05) is 6.54 Å². The minimum atomic E-state index is -2.86. The van der Waals surface area contributed by atoms with Gasteiger partial charge in [0.2, 0.25) is 0 Å². The molecule has 2 unspecified atom stereocenters. The molecular formula is C15H26N5NaO9S. The van der Waals surface area contributed by atoms with Gasteiger partial charge in [0.15, 0.2) is 17.5 Å². The molecular weight excluding hydrogens is 449 g/mol. The molecule has 0 radical (unpaired) electrons. The van der Waals surface area contributed by atoms with Gasteiger partial charge in [0, 0.05) is 6.54 Å². The fourth-order valence-electron chi connectivity index (χ4n) is 1.71. The molecule has 1 aromatic rings. The molecule has 16 heteroatoms. The van der Waals surface area contributed by atoms with Crippen LogP contribution in [0.25, 0.3) is 0 Å². The molecule has 0 heterocycles. The number of hydrogen-bond donors (Lipinski definition) is 10. The van der Waals surface area contributed by atoms with E-state index in [1.165, 1.54) is 18.2 Å². The number of nitrogens with one attached hydrogen (secondary N) is 2. The Morgan fingerprint density at radius 3 is 2.00 bits per heavy atom. The van der Waals surface area contributed by atoms with Crippen LogP contribution in [0.3, 0.4) is 0 Å². The van der Waals surface area contributed by atoms with Crippen molar-refractivity contribution in [3.63, 3.8) is 0 Å². The standard InChI is InChI=1S/C9H11NO4.C6H14N4O2.Na.H2O3S/c10-6(9(13)14)3-5-1-2-7(11)8(12)4-5;7-4(5(11)12)2-1-3-10-6(8)9;;1-4(2)3/h1-2,4,6,11-12H,3,10H2,(H,13,14);4H,1-3,7H2,(H,11,12)(H4,8,9,10);;(H2,1,2,3)/q;;+1;/p-1/t6-;;;/m0.../s1. The van der Waals surface area contributed by atoms with Crippen molar-refractivity contribution in [1.82, 2.24) is 5.32 Å². The fraction of sp³-hybridized carbons (Fsp3) is 0.400. The molecule has 0 aliphatic heterocycles. The summed E-state index contributed by atoms with van der Waals surface area (Å²) in [6, 6.07) is 2.27. The molecule has 0 amide bonds. The molecule has 0 bridgehead atoms. The molecule has 0 aliphatic carbocycles. The van der Waals surface area contributed by atoms with Crippen molar-refractivity contribution in [2.45, 2.75) is 31.3 Å². The molecule has 1 aromatic carbocycles. The average Bonchev–Trinajstić information content (AvgIpc) is 2.61. The van der Waals surface area contributed by atoms with E-state index in [9.17, 15) is 9.59 Å². The second-order valence-corrected chi connectivity index (χ2v) is 6.05. The number of benzene rings is 1. The normalized spacial score (nSPS) is 12.3. The number of carboxylic acids is 2. The van der Waals surface area contributed by atoms with Gasteiger partial charge in [0.25, 0.3) is 0 Å². The Kier molecular flexibility index (Phi) is 20.4. The molecule has 0 saturated carbocycles. The summed E-state index contributed by atoms with van der Waals surface area (Å²) in [6.45, 7) is 0.482. The summed E-state index contributed by atoms with van der Waals surface area (Å²) >= 11 is -2.86. The molecule has 0 fully saturated rings. The Balaban J connectivity index is -0.000000424. The largest absolute Gasteiger partial charge is 1.00 e. The van der Waals surface area contributed by atoms with E-state index in [-0.39, 0.29) is 53.4 Å². The van der Waals surface area contributed by atoms with Crippen LogP contribution in [0.1, 0.15) is 18.4 Å². The van der Waals surface area contributed by atoms with E-state index in [0.717, 1.165) is 0 Å². The van der Waals surface area contributed by atoms with Gasteiger partial charge in [-0.2, -0.15) is 0 Å². The van der Waals surface area contributed by atoms with Crippen LogP contribution in [0.15, 0.2) is 18.2 Å². The maximum atomic E-state index is 10.4. The summed E-state index contributed by atoms with van der Waals surface area (Å²) in [5.41, 5.74) is 16.1. The zero-order valence-corrected chi connectivity index (χ0v) is 19.5. The number of phenols is 2. The topological polar surface area (TPSA) is 289 Å². The smallest absolute Gasteiger partial charge is 0.750 e. The van der Waals surface area contributed by atoms with Gasteiger partial charge < -0.3 is 52.0 Å². The first-order valence-corrected chi connectivity index (χ1v) is 9.14. The van der Waals surface area contributed by atoms with Crippen LogP contribution in [0.5, 0.6) is 11.5 Å². The molecule has 172 valence electrons. The van der Waals surface area contributed by atoms with Gasteiger partial charge in [-0.25, -0.2) is 4.21 Å². The Morgan fingerprint density at radius 2 is 1.61 bits per heavy atom. The van der Waals surface area contributed by atoms with Gasteiger partial charge in [0.1, 0.15) is 12.1 Å². The minimum absolute atomic E-state index is 0. The third-order valence-electron chi connectivity index (χ3n) is 3.14. The van der Waals surface area contributed by atoms with Crippen molar-refractivity contribution in [2.24, 2.45) is 17.2 Å². The summed E-state index contributed by atoms with van der Waals surface area (Å²) in [5.74, 6) is -2.73. The van der Waals surface area contributed by atoms with Crippen molar-refractivity contribution < 1.29 is 72.9 Å². The quantitative estimate of drug-likeness (QED) is 0.0421. The molecule has 0 saturated heterocycles. The predicted octanol–water partition coefficient (Wildman–Crippen LogP) is -4.94. The fourth-order valence-corrected chi connectivity index (χ4v) is 1.71. The van der Waals surface area contributed by atoms with Gasteiger partial charge in [-0.1, -0.05) is 6.07 Å². The summed E-state index contributed by atoms with van der Waals surface area (Å²) in [4.78, 5) is 20.6. The number of phenolic OH excluding ortho intramolecular Hbond substituents is 2. The third-order valence-corrected chi connectivity index (χ3v) is 3.14. The molecule has 13 N–H and O–H groups in total. The number of aliphatic carboxylic acids is 2. The van der Waals surface area contributed by atoms with Crippen LogP contribution in [0.2, 0.25) is 0 Å². The van der Waals surface area contributed by atoms with Crippen LogP contribution >= 0.6 is 0 Å². The second-order valence-electron chi connectivity index (χ2n) is 5.62. The zero-order valence-electron chi connectivity index (χ0n) is 16.7. The van der Waals surface area contributed by atoms with Gasteiger partial charge in [0.05, 0.1) is 11.4 Å². The number of guanidine groups is 1. The number of nitrogens with two attached hydrogens (primary N) is 3. The number of aromatic hydroxyl groups is 2. The van der Waals surface area contributed by atoms with E-state index in [1.54, 1.807) is 0 Å². The third kappa shape index (κ3) is 21.1. The monoisotopic (exact) mass is 475 g/mol. The molecule has 0 aromatic heterocycles. The van der Waals surface area contributed by atoms with Gasteiger partial charge in [-0.05, 0) is 37.0 Å². The number of rotatable bonds is 8. The molecule has 3 atom stereocenters. The molecule has 14 nitrogen and oxygen atoms in total. The Bertz CT molecular complexity index is 722. The number of carbonyl (C=O) groups is 2. The average molecular weight is 475 g/mol.